The Labute approximate surface area is 157 Å². The van der Waals surface area contributed by atoms with Gasteiger partial charge in [0.05, 0.1) is 11.2 Å². The van der Waals surface area contributed by atoms with E-state index in [4.69, 9.17) is 0 Å². The number of anilines is 1. The molecule has 0 aliphatic rings. The van der Waals surface area contributed by atoms with Gasteiger partial charge in [0.1, 0.15) is 0 Å². The molecule has 27 heavy (non-hydrogen) atoms. The number of rotatable bonds is 6. The van der Waals surface area contributed by atoms with Crippen LogP contribution in [0.5, 0.6) is 0 Å². The van der Waals surface area contributed by atoms with Gasteiger partial charge in [-0.2, -0.15) is 5.10 Å². The first-order valence-corrected chi connectivity index (χ1v) is 8.79. The molecule has 0 saturated carbocycles. The van der Waals surface area contributed by atoms with Crippen LogP contribution < -0.4 is 10.2 Å². The highest BCUT2D eigenvalue weighted by Crippen LogP contribution is 2.23. The normalized spacial score (nSPS) is 11.4. The van der Waals surface area contributed by atoms with Crippen LogP contribution in [0.2, 0.25) is 0 Å². The third-order valence-electron chi connectivity index (χ3n) is 4.23. The molecule has 1 heterocycles. The predicted molar refractivity (Wildman–Crippen MR) is 107 cm³/mol. The quantitative estimate of drug-likeness (QED) is 0.661. The SMILES string of the molecule is CC(=O)NCCN(C(=O)/C=C(\C)c1n[nH]c2ccccc12)c1ccccc1. The molecule has 0 saturated heterocycles. The molecule has 0 fully saturated rings. The van der Waals surface area contributed by atoms with Crippen molar-refractivity contribution < 1.29 is 9.59 Å². The van der Waals surface area contributed by atoms with Crippen LogP contribution in [0.1, 0.15) is 19.5 Å². The van der Waals surface area contributed by atoms with Crippen molar-refractivity contribution in [1.82, 2.24) is 15.5 Å². The summed E-state index contributed by atoms with van der Waals surface area (Å²) in [5, 5.41) is 11.0. The zero-order valence-electron chi connectivity index (χ0n) is 15.4. The van der Waals surface area contributed by atoms with E-state index in [1.165, 1.54) is 6.92 Å². The maximum Gasteiger partial charge on any atom is 0.251 e. The number of hydrogen-bond acceptors (Lipinski definition) is 3. The molecular weight excluding hydrogens is 340 g/mol. The van der Waals surface area contributed by atoms with Crippen molar-refractivity contribution in [3.05, 3.63) is 66.4 Å². The molecule has 2 N–H and O–H groups in total. The summed E-state index contributed by atoms with van der Waals surface area (Å²) in [6.07, 6.45) is 1.59. The lowest BCUT2D eigenvalue weighted by atomic mass is 10.1. The molecule has 3 aromatic rings. The number of H-pyrrole nitrogens is 1. The Balaban J connectivity index is 1.86. The number of allylic oxidation sites excluding steroid dienone is 1. The predicted octanol–water partition coefficient (Wildman–Crippen LogP) is 3.14. The minimum Gasteiger partial charge on any atom is -0.355 e. The van der Waals surface area contributed by atoms with E-state index in [0.717, 1.165) is 27.9 Å². The fourth-order valence-electron chi connectivity index (χ4n) is 2.91. The number of nitrogens with zero attached hydrogens (tertiary/aromatic N) is 2. The fraction of sp³-hybridized carbons (Fsp3) is 0.190. The Bertz CT molecular complexity index is 976. The summed E-state index contributed by atoms with van der Waals surface area (Å²) in [6.45, 7) is 4.10. The topological polar surface area (TPSA) is 78.1 Å². The largest absolute Gasteiger partial charge is 0.355 e. The summed E-state index contributed by atoms with van der Waals surface area (Å²) in [5.74, 6) is -0.277. The van der Waals surface area contributed by atoms with E-state index < -0.39 is 0 Å². The molecule has 2 aromatic carbocycles. The number of carbonyl (C=O) groups excluding carboxylic acids is 2. The first-order valence-electron chi connectivity index (χ1n) is 8.79. The summed E-state index contributed by atoms with van der Waals surface area (Å²) in [4.78, 5) is 25.8. The molecule has 138 valence electrons. The molecule has 6 nitrogen and oxygen atoms in total. The highest BCUT2D eigenvalue weighted by Gasteiger charge is 2.15. The van der Waals surface area contributed by atoms with E-state index in [-0.39, 0.29) is 11.8 Å². The first kappa shape index (κ1) is 18.4. The van der Waals surface area contributed by atoms with Crippen LogP contribution in [0.25, 0.3) is 16.5 Å². The molecule has 1 aromatic heterocycles. The van der Waals surface area contributed by atoms with Crippen LogP contribution in [0.3, 0.4) is 0 Å². The summed E-state index contributed by atoms with van der Waals surface area (Å²) in [5.41, 5.74) is 3.24. The maximum absolute atomic E-state index is 13.0. The monoisotopic (exact) mass is 362 g/mol. The van der Waals surface area contributed by atoms with Crippen molar-refractivity contribution in [2.75, 3.05) is 18.0 Å². The summed E-state index contributed by atoms with van der Waals surface area (Å²) in [7, 11) is 0. The Kier molecular flexibility index (Phi) is 5.66. The molecule has 6 heteroatoms. The molecular formula is C21H22N4O2. The van der Waals surface area contributed by atoms with Crippen LogP contribution in [-0.4, -0.2) is 35.1 Å². The molecule has 0 spiro atoms. The van der Waals surface area contributed by atoms with E-state index in [1.54, 1.807) is 11.0 Å². The summed E-state index contributed by atoms with van der Waals surface area (Å²) >= 11 is 0. The van der Waals surface area contributed by atoms with Crippen LogP contribution >= 0.6 is 0 Å². The molecule has 0 unspecified atom stereocenters. The Hall–Kier alpha value is -3.41. The molecule has 0 atom stereocenters. The Morgan fingerprint density at radius 1 is 1.07 bits per heavy atom. The van der Waals surface area contributed by atoms with Crippen molar-refractivity contribution in [1.29, 1.82) is 0 Å². The highest BCUT2D eigenvalue weighted by molar-refractivity contribution is 6.06. The number of aromatic nitrogens is 2. The summed E-state index contributed by atoms with van der Waals surface area (Å²) < 4.78 is 0. The lowest BCUT2D eigenvalue weighted by molar-refractivity contribution is -0.119. The first-order chi connectivity index (χ1) is 13.1. The molecule has 0 aliphatic carbocycles. The number of benzene rings is 2. The van der Waals surface area contributed by atoms with E-state index >= 15 is 0 Å². The number of nitrogens with one attached hydrogen (secondary N) is 2. The molecule has 0 aliphatic heterocycles. The smallest absolute Gasteiger partial charge is 0.251 e. The van der Waals surface area contributed by atoms with Crippen LogP contribution in [0.4, 0.5) is 5.69 Å². The van der Waals surface area contributed by atoms with Crippen LogP contribution in [-0.2, 0) is 9.59 Å². The number of carbonyl (C=O) groups is 2. The number of amides is 2. The van der Waals surface area contributed by atoms with Crippen molar-refractivity contribution in [3.63, 3.8) is 0 Å². The van der Waals surface area contributed by atoms with Gasteiger partial charge < -0.3 is 10.2 Å². The van der Waals surface area contributed by atoms with Gasteiger partial charge in [-0.15, -0.1) is 0 Å². The fourth-order valence-corrected chi connectivity index (χ4v) is 2.91. The van der Waals surface area contributed by atoms with Crippen LogP contribution in [0.15, 0.2) is 60.7 Å². The van der Waals surface area contributed by atoms with Gasteiger partial charge in [-0.25, -0.2) is 0 Å². The van der Waals surface area contributed by atoms with Gasteiger partial charge >= 0.3 is 0 Å². The molecule has 0 bridgehead atoms. The zero-order chi connectivity index (χ0) is 19.2. The minimum atomic E-state index is -0.156. The molecule has 3 rings (SSSR count). The minimum absolute atomic E-state index is 0.120. The second-order valence-electron chi connectivity index (χ2n) is 6.25. The highest BCUT2D eigenvalue weighted by atomic mass is 16.2. The van der Waals surface area contributed by atoms with Gasteiger partial charge in [-0.3, -0.25) is 14.7 Å². The number of fused-ring (bicyclic) bond motifs is 1. The van der Waals surface area contributed by atoms with Gasteiger partial charge in [-0.05, 0) is 30.7 Å². The molecule has 0 radical (unpaired) electrons. The number of aromatic amines is 1. The zero-order valence-corrected chi connectivity index (χ0v) is 15.4. The van der Waals surface area contributed by atoms with E-state index in [9.17, 15) is 9.59 Å². The van der Waals surface area contributed by atoms with E-state index in [1.807, 2.05) is 61.5 Å². The van der Waals surface area contributed by atoms with Gasteiger partial charge in [0, 0.05) is 37.2 Å². The lowest BCUT2D eigenvalue weighted by Crippen LogP contribution is -2.37. The summed E-state index contributed by atoms with van der Waals surface area (Å²) in [6, 6.07) is 17.2. The number of para-hydroxylation sites is 2. The van der Waals surface area contributed by atoms with Crippen molar-refractivity contribution in [2.24, 2.45) is 0 Å². The standard InChI is InChI=1S/C21H22N4O2/c1-15(21-18-10-6-7-11-19(18)23-24-21)14-20(27)25(13-12-22-16(2)26)17-8-4-3-5-9-17/h3-11,14H,12-13H2,1-2H3,(H,22,26)(H,23,24)/b15-14+. The van der Waals surface area contributed by atoms with Crippen molar-refractivity contribution in [3.8, 4) is 0 Å². The molecule has 2 amide bonds. The van der Waals surface area contributed by atoms with E-state index in [0.29, 0.717) is 13.1 Å². The third kappa shape index (κ3) is 4.41. The van der Waals surface area contributed by atoms with Gasteiger partial charge in [0.25, 0.3) is 5.91 Å². The maximum atomic E-state index is 13.0. The lowest BCUT2D eigenvalue weighted by Gasteiger charge is -2.22. The van der Waals surface area contributed by atoms with Gasteiger partial charge in [-0.1, -0.05) is 36.4 Å². The average Bonchev–Trinajstić information content (AvgIpc) is 3.10. The van der Waals surface area contributed by atoms with Crippen LogP contribution in [0, 0.1) is 0 Å². The Morgan fingerprint density at radius 3 is 2.52 bits per heavy atom. The van der Waals surface area contributed by atoms with E-state index in [2.05, 4.69) is 15.5 Å². The van der Waals surface area contributed by atoms with Crippen molar-refractivity contribution >= 4 is 34.0 Å². The van der Waals surface area contributed by atoms with Crippen molar-refractivity contribution in [2.45, 2.75) is 13.8 Å². The average molecular weight is 362 g/mol. The second kappa shape index (κ2) is 8.31. The van der Waals surface area contributed by atoms with Gasteiger partial charge in [0.2, 0.25) is 5.91 Å². The Morgan fingerprint density at radius 2 is 1.78 bits per heavy atom. The van der Waals surface area contributed by atoms with Gasteiger partial charge in [0.15, 0.2) is 0 Å². The second-order valence-corrected chi connectivity index (χ2v) is 6.25. The number of hydrogen-bond donors (Lipinski definition) is 2. The third-order valence-corrected chi connectivity index (χ3v) is 4.23.